The van der Waals surface area contributed by atoms with Gasteiger partial charge >= 0.3 is 13.8 Å². The van der Waals surface area contributed by atoms with Gasteiger partial charge in [-0.1, -0.05) is 26.0 Å². The van der Waals surface area contributed by atoms with Crippen molar-refractivity contribution in [2.24, 2.45) is 0 Å². The summed E-state index contributed by atoms with van der Waals surface area (Å²) in [5, 5.41) is 0. The fraction of sp³-hybridized carbons (Fsp3) is 0.632. The van der Waals surface area contributed by atoms with Crippen LogP contribution in [0.2, 0.25) is 0 Å². The zero-order valence-electron chi connectivity index (χ0n) is 18.0. The lowest BCUT2D eigenvalue weighted by Gasteiger charge is -2.28. The van der Waals surface area contributed by atoms with Gasteiger partial charge in [0.25, 0.3) is 0 Å². The van der Waals surface area contributed by atoms with Crippen molar-refractivity contribution in [2.45, 2.75) is 52.6 Å². The molecule has 0 fully saturated rings. The Bertz CT molecular complexity index is 748. The van der Waals surface area contributed by atoms with E-state index in [1.807, 2.05) is 39.8 Å². The second-order valence-electron chi connectivity index (χ2n) is 7.33. The van der Waals surface area contributed by atoms with Crippen molar-refractivity contribution in [1.29, 1.82) is 0 Å². The largest absolute Gasteiger partial charge is 0.483 e. The number of para-hydroxylation sites is 1. The summed E-state index contributed by atoms with van der Waals surface area (Å²) in [5.41, 5.74) is 0.657. The van der Waals surface area contributed by atoms with Crippen LogP contribution in [0.15, 0.2) is 18.2 Å². The topological polar surface area (TPSA) is 77.5 Å². The predicted molar refractivity (Wildman–Crippen MR) is 114 cm³/mol. The zero-order chi connectivity index (χ0) is 21.7. The Morgan fingerprint density at radius 3 is 2.41 bits per heavy atom. The Hall–Kier alpha value is -1.25. The van der Waals surface area contributed by atoms with E-state index in [0.29, 0.717) is 37.6 Å². The number of ether oxygens (including phenoxy) is 2. The molecular weight excluding hydrogens is 415 g/mol. The standard InChI is InChI=1S/C19H31N2O6PS/c1-7-12-24-28(23,25-13-8-2)21(6)29-20(5)18(22)26-16-11-9-10-15-14-19(3,4)27-17(15)16/h9-11H,7-8,12-14H2,1-6H3. The molecule has 1 amide bonds. The highest BCUT2D eigenvalue weighted by atomic mass is 32.2. The van der Waals surface area contributed by atoms with Crippen molar-refractivity contribution in [1.82, 2.24) is 8.38 Å². The normalized spacial score (nSPS) is 15.1. The molecule has 1 aromatic rings. The minimum Gasteiger partial charge on any atom is -0.483 e. The second-order valence-corrected chi connectivity index (χ2v) is 10.9. The molecule has 0 spiro atoms. The number of rotatable bonds is 10. The Morgan fingerprint density at radius 1 is 1.21 bits per heavy atom. The first-order valence-corrected chi connectivity index (χ1v) is 11.9. The average molecular weight is 447 g/mol. The van der Waals surface area contributed by atoms with Crippen LogP contribution >= 0.6 is 19.9 Å². The minimum absolute atomic E-state index is 0.295. The number of carbonyl (C=O) groups is 1. The van der Waals surface area contributed by atoms with E-state index in [4.69, 9.17) is 18.5 Å². The van der Waals surface area contributed by atoms with Gasteiger partial charge in [0.15, 0.2) is 11.5 Å². The number of amides is 1. The SMILES string of the molecule is CCCOP(=O)(OCCC)N(C)SN(C)C(=O)Oc1cccc2c1OC(C)(C)C2. The van der Waals surface area contributed by atoms with Crippen LogP contribution in [0.25, 0.3) is 0 Å². The van der Waals surface area contributed by atoms with E-state index < -0.39 is 13.8 Å². The summed E-state index contributed by atoms with van der Waals surface area (Å²) < 4.78 is 38.0. The first-order valence-electron chi connectivity index (χ1n) is 9.69. The zero-order valence-corrected chi connectivity index (χ0v) is 19.7. The van der Waals surface area contributed by atoms with Crippen molar-refractivity contribution in [2.75, 3.05) is 27.3 Å². The van der Waals surface area contributed by atoms with E-state index >= 15 is 0 Å². The van der Waals surface area contributed by atoms with Gasteiger partial charge in [-0.3, -0.25) is 9.05 Å². The molecule has 0 N–H and O–H groups in total. The molecule has 0 unspecified atom stereocenters. The molecule has 0 bridgehead atoms. The fourth-order valence-electron chi connectivity index (χ4n) is 2.69. The van der Waals surface area contributed by atoms with Gasteiger partial charge in [0.05, 0.1) is 25.3 Å². The van der Waals surface area contributed by atoms with Crippen LogP contribution in [0, 0.1) is 0 Å². The van der Waals surface area contributed by atoms with Crippen molar-refractivity contribution in [3.63, 3.8) is 0 Å². The molecule has 1 heterocycles. The van der Waals surface area contributed by atoms with Crippen LogP contribution < -0.4 is 9.47 Å². The summed E-state index contributed by atoms with van der Waals surface area (Å²) in [7, 11) is -0.437. The Labute approximate surface area is 177 Å². The van der Waals surface area contributed by atoms with E-state index in [0.717, 1.165) is 24.1 Å². The fourth-order valence-corrected chi connectivity index (χ4v) is 5.35. The van der Waals surface area contributed by atoms with Crippen molar-refractivity contribution >= 4 is 26.0 Å². The number of benzene rings is 1. The number of fused-ring (bicyclic) bond motifs is 1. The molecule has 8 nitrogen and oxygen atoms in total. The maximum atomic E-state index is 13.0. The number of carbonyl (C=O) groups excluding carboxylic acids is 1. The van der Waals surface area contributed by atoms with Crippen LogP contribution in [0.4, 0.5) is 4.79 Å². The minimum atomic E-state index is -3.53. The monoisotopic (exact) mass is 446 g/mol. The van der Waals surface area contributed by atoms with Gasteiger partial charge in [0.1, 0.15) is 5.60 Å². The lowest BCUT2D eigenvalue weighted by Crippen LogP contribution is -2.28. The van der Waals surface area contributed by atoms with Gasteiger partial charge < -0.3 is 9.47 Å². The molecule has 0 aromatic heterocycles. The van der Waals surface area contributed by atoms with Gasteiger partial charge in [-0.2, -0.15) is 0 Å². The third-order valence-electron chi connectivity index (χ3n) is 4.01. The quantitative estimate of drug-likeness (QED) is 0.355. The maximum absolute atomic E-state index is 13.0. The summed E-state index contributed by atoms with van der Waals surface area (Å²) in [6, 6.07) is 5.48. The second kappa shape index (κ2) is 10.2. The first kappa shape index (κ1) is 24.0. The summed E-state index contributed by atoms with van der Waals surface area (Å²) in [5.74, 6) is 0.946. The highest BCUT2D eigenvalue weighted by Gasteiger charge is 2.35. The highest BCUT2D eigenvalue weighted by molar-refractivity contribution is 7.99. The molecule has 29 heavy (non-hydrogen) atoms. The van der Waals surface area contributed by atoms with Gasteiger partial charge in [0.2, 0.25) is 0 Å². The summed E-state index contributed by atoms with van der Waals surface area (Å²) in [6.07, 6.45) is 1.52. The van der Waals surface area contributed by atoms with E-state index in [-0.39, 0.29) is 5.60 Å². The van der Waals surface area contributed by atoms with Gasteiger partial charge in [-0.15, -0.1) is 4.08 Å². The van der Waals surface area contributed by atoms with E-state index in [1.54, 1.807) is 13.1 Å². The molecule has 0 aliphatic carbocycles. The summed E-state index contributed by atoms with van der Waals surface area (Å²) >= 11 is 0.906. The smallest absolute Gasteiger partial charge is 0.426 e. The average Bonchev–Trinajstić information content (AvgIpc) is 2.99. The molecular formula is C19H31N2O6PS. The van der Waals surface area contributed by atoms with Crippen LogP contribution in [-0.4, -0.2) is 47.4 Å². The van der Waals surface area contributed by atoms with Crippen molar-refractivity contribution in [3.8, 4) is 11.5 Å². The van der Waals surface area contributed by atoms with Crippen LogP contribution in [0.5, 0.6) is 11.5 Å². The lowest BCUT2D eigenvalue weighted by molar-refractivity contribution is 0.131. The third-order valence-corrected chi connectivity index (χ3v) is 7.17. The number of nitrogens with zero attached hydrogens (tertiary/aromatic N) is 2. The molecule has 164 valence electrons. The van der Waals surface area contributed by atoms with Crippen molar-refractivity contribution in [3.05, 3.63) is 23.8 Å². The Balaban J connectivity index is 2.04. The van der Waals surface area contributed by atoms with Crippen molar-refractivity contribution < 1.29 is 27.9 Å². The molecule has 0 saturated heterocycles. The van der Waals surface area contributed by atoms with E-state index in [1.165, 1.54) is 15.4 Å². The van der Waals surface area contributed by atoms with Crippen LogP contribution in [0.1, 0.15) is 46.1 Å². The van der Waals surface area contributed by atoms with Crippen LogP contribution in [0.3, 0.4) is 0 Å². The molecule has 1 aromatic carbocycles. The highest BCUT2D eigenvalue weighted by Crippen LogP contribution is 2.55. The first-order chi connectivity index (χ1) is 13.6. The van der Waals surface area contributed by atoms with E-state index in [9.17, 15) is 9.36 Å². The molecule has 0 atom stereocenters. The summed E-state index contributed by atoms with van der Waals surface area (Å²) in [6.45, 7) is 8.40. The third kappa shape index (κ3) is 6.36. The van der Waals surface area contributed by atoms with Gasteiger partial charge in [-0.25, -0.2) is 13.7 Å². The van der Waals surface area contributed by atoms with Gasteiger partial charge in [-0.05, 0) is 32.8 Å². The van der Waals surface area contributed by atoms with Crippen LogP contribution in [-0.2, 0) is 20.0 Å². The molecule has 1 aliphatic heterocycles. The number of hydrogen-bond acceptors (Lipinski definition) is 7. The molecule has 10 heteroatoms. The number of hydrogen-bond donors (Lipinski definition) is 0. The Morgan fingerprint density at radius 2 is 1.83 bits per heavy atom. The lowest BCUT2D eigenvalue weighted by atomic mass is 10.0. The Kier molecular flexibility index (Phi) is 8.43. The molecule has 0 radical (unpaired) electrons. The predicted octanol–water partition coefficient (Wildman–Crippen LogP) is 5.29. The van der Waals surface area contributed by atoms with Gasteiger partial charge in [0, 0.05) is 26.1 Å². The molecule has 0 saturated carbocycles. The molecule has 2 rings (SSSR count). The molecule has 1 aliphatic rings. The summed E-state index contributed by atoms with van der Waals surface area (Å²) in [4.78, 5) is 12.6. The maximum Gasteiger partial charge on any atom is 0.426 e. The van der Waals surface area contributed by atoms with E-state index in [2.05, 4.69) is 0 Å².